The number of carbonyl (C=O) groups excluding carboxylic acids is 1. The average molecular weight is 495 g/mol. The van der Waals surface area contributed by atoms with E-state index in [0.29, 0.717) is 0 Å². The molecule has 1 aliphatic heterocycles. The highest BCUT2D eigenvalue weighted by atomic mass is 16.2. The van der Waals surface area contributed by atoms with E-state index >= 15 is 0 Å². The van der Waals surface area contributed by atoms with Gasteiger partial charge in [0.05, 0.1) is 16.9 Å². The zero-order chi connectivity index (χ0) is 25.0. The van der Waals surface area contributed by atoms with Crippen molar-refractivity contribution in [2.45, 2.75) is 57.4 Å². The van der Waals surface area contributed by atoms with Crippen molar-refractivity contribution < 1.29 is 4.79 Å². The summed E-state index contributed by atoms with van der Waals surface area (Å²) in [6.45, 7) is 6.53. The van der Waals surface area contributed by atoms with Crippen LogP contribution in [0.5, 0.6) is 0 Å². The van der Waals surface area contributed by atoms with Crippen LogP contribution in [-0.2, 0) is 12.0 Å². The summed E-state index contributed by atoms with van der Waals surface area (Å²) in [6, 6.07) is 19.0. The zero-order valence-electron chi connectivity index (χ0n) is 22.0. The minimum absolute atomic E-state index is 0.0897. The van der Waals surface area contributed by atoms with E-state index in [1.807, 2.05) is 16.9 Å². The molecule has 1 saturated heterocycles. The maximum Gasteiger partial charge on any atom is 0.257 e. The van der Waals surface area contributed by atoms with Gasteiger partial charge in [-0.2, -0.15) is 5.10 Å². The molecule has 5 fully saturated rings. The van der Waals surface area contributed by atoms with Gasteiger partial charge in [-0.05, 0) is 86.5 Å². The van der Waals surface area contributed by atoms with Gasteiger partial charge in [-0.25, -0.2) is 4.68 Å². The largest absolute Gasteiger partial charge is 0.336 e. The summed E-state index contributed by atoms with van der Waals surface area (Å²) in [6.07, 6.45) is 9.88. The molecule has 1 amide bonds. The molecule has 8 rings (SSSR count). The predicted molar refractivity (Wildman–Crippen MR) is 146 cm³/mol. The maximum absolute atomic E-state index is 14.1. The first-order chi connectivity index (χ1) is 18.1. The summed E-state index contributed by atoms with van der Waals surface area (Å²) in [7, 11) is 0. The molecule has 5 heteroatoms. The lowest BCUT2D eigenvalue weighted by molar-refractivity contribution is -0.00793. The molecule has 5 aliphatic rings. The van der Waals surface area contributed by atoms with Gasteiger partial charge in [0.15, 0.2) is 0 Å². The first-order valence-electron chi connectivity index (χ1n) is 14.3. The monoisotopic (exact) mass is 494 g/mol. The van der Waals surface area contributed by atoms with Gasteiger partial charge in [0.25, 0.3) is 5.91 Å². The van der Waals surface area contributed by atoms with Gasteiger partial charge < -0.3 is 4.90 Å². The average Bonchev–Trinajstić information content (AvgIpc) is 3.37. The number of hydrogen-bond donors (Lipinski definition) is 0. The molecule has 4 aliphatic carbocycles. The molecule has 1 aromatic heterocycles. The van der Waals surface area contributed by atoms with E-state index in [1.54, 1.807) is 0 Å². The lowest BCUT2D eigenvalue weighted by Crippen LogP contribution is -2.51. The van der Waals surface area contributed by atoms with Crippen LogP contribution in [0, 0.1) is 24.7 Å². The standard InChI is InChI=1S/C32H38N4O/c1-23-7-5-6-8-27(23)21-34-11-13-35(14-12-34)31(37)29-22-36(28-9-3-2-4-10-28)33-30(29)32-18-24-15-25(19-32)17-26(16-24)20-32/h2-10,22,24-26H,11-21H2,1H3. The summed E-state index contributed by atoms with van der Waals surface area (Å²) in [4.78, 5) is 18.7. The van der Waals surface area contributed by atoms with Crippen LogP contribution in [0.1, 0.15) is 65.7 Å². The third-order valence-corrected chi connectivity index (χ3v) is 9.82. The number of benzene rings is 2. The van der Waals surface area contributed by atoms with Gasteiger partial charge in [0.1, 0.15) is 0 Å². The third-order valence-electron chi connectivity index (χ3n) is 9.82. The quantitative estimate of drug-likeness (QED) is 0.463. The van der Waals surface area contributed by atoms with Crippen molar-refractivity contribution in [1.29, 1.82) is 0 Å². The van der Waals surface area contributed by atoms with Crippen molar-refractivity contribution in [2.24, 2.45) is 17.8 Å². The molecule has 2 heterocycles. The molecular weight excluding hydrogens is 456 g/mol. The minimum atomic E-state index is 0.0897. The smallest absolute Gasteiger partial charge is 0.257 e. The van der Waals surface area contributed by atoms with Crippen molar-refractivity contribution in [2.75, 3.05) is 26.2 Å². The molecule has 3 aromatic rings. The molecule has 0 N–H and O–H groups in total. The molecule has 5 nitrogen and oxygen atoms in total. The predicted octanol–water partition coefficient (Wildman–Crippen LogP) is 5.61. The van der Waals surface area contributed by atoms with Crippen LogP contribution in [0.4, 0.5) is 0 Å². The van der Waals surface area contributed by atoms with Gasteiger partial charge in [-0.15, -0.1) is 0 Å². The van der Waals surface area contributed by atoms with E-state index in [2.05, 4.69) is 65.3 Å². The minimum Gasteiger partial charge on any atom is -0.336 e. The van der Waals surface area contributed by atoms with Crippen LogP contribution in [0.15, 0.2) is 60.8 Å². The Hall–Kier alpha value is -2.92. The van der Waals surface area contributed by atoms with E-state index in [0.717, 1.165) is 67.4 Å². The number of aryl methyl sites for hydroxylation is 1. The summed E-state index contributed by atoms with van der Waals surface area (Å²) >= 11 is 0. The van der Waals surface area contributed by atoms with E-state index in [-0.39, 0.29) is 11.3 Å². The van der Waals surface area contributed by atoms with Gasteiger partial charge >= 0.3 is 0 Å². The van der Waals surface area contributed by atoms with Crippen LogP contribution in [-0.4, -0.2) is 51.7 Å². The second-order valence-electron chi connectivity index (χ2n) is 12.4. The Morgan fingerprint density at radius 1 is 0.865 bits per heavy atom. The van der Waals surface area contributed by atoms with Crippen molar-refractivity contribution in [3.05, 3.63) is 83.2 Å². The molecule has 0 radical (unpaired) electrons. The maximum atomic E-state index is 14.1. The highest BCUT2D eigenvalue weighted by Gasteiger charge is 2.54. The van der Waals surface area contributed by atoms with Crippen LogP contribution < -0.4 is 0 Å². The number of carbonyl (C=O) groups is 1. The Bertz CT molecular complexity index is 1250. The second kappa shape index (κ2) is 9.13. The molecule has 0 spiro atoms. The molecule has 0 atom stereocenters. The van der Waals surface area contributed by atoms with Gasteiger partial charge in [-0.1, -0.05) is 42.5 Å². The fraction of sp³-hybridized carbons (Fsp3) is 0.500. The van der Waals surface area contributed by atoms with Crippen LogP contribution in [0.25, 0.3) is 5.69 Å². The Morgan fingerprint density at radius 2 is 1.49 bits per heavy atom. The van der Waals surface area contributed by atoms with Crippen molar-refractivity contribution in [3.8, 4) is 5.69 Å². The number of amides is 1. The van der Waals surface area contributed by atoms with Crippen LogP contribution in [0.3, 0.4) is 0 Å². The zero-order valence-corrected chi connectivity index (χ0v) is 22.0. The molecule has 2 aromatic carbocycles. The highest BCUT2D eigenvalue weighted by molar-refractivity contribution is 5.95. The van der Waals surface area contributed by atoms with Crippen LogP contribution >= 0.6 is 0 Å². The Labute approximate surface area is 220 Å². The summed E-state index contributed by atoms with van der Waals surface area (Å²) < 4.78 is 1.98. The molecule has 192 valence electrons. The van der Waals surface area contributed by atoms with E-state index in [1.165, 1.54) is 49.7 Å². The lowest BCUT2D eigenvalue weighted by Gasteiger charge is -2.56. The summed E-state index contributed by atoms with van der Waals surface area (Å²) in [5.41, 5.74) is 5.81. The number of para-hydroxylation sites is 1. The molecule has 0 unspecified atom stereocenters. The van der Waals surface area contributed by atoms with E-state index < -0.39 is 0 Å². The van der Waals surface area contributed by atoms with E-state index in [9.17, 15) is 4.79 Å². The molecule has 37 heavy (non-hydrogen) atoms. The van der Waals surface area contributed by atoms with Gasteiger partial charge in [0, 0.05) is 44.3 Å². The molecule has 4 saturated carbocycles. The number of hydrogen-bond acceptors (Lipinski definition) is 3. The van der Waals surface area contributed by atoms with Crippen molar-refractivity contribution >= 4 is 5.91 Å². The Morgan fingerprint density at radius 3 is 2.14 bits per heavy atom. The topological polar surface area (TPSA) is 41.4 Å². The number of aromatic nitrogens is 2. The fourth-order valence-electron chi connectivity index (χ4n) is 8.34. The SMILES string of the molecule is Cc1ccccc1CN1CCN(C(=O)c2cn(-c3ccccc3)nc2C23CC4CC(CC(C4)C2)C3)CC1. The number of rotatable bonds is 5. The van der Waals surface area contributed by atoms with Crippen molar-refractivity contribution in [1.82, 2.24) is 19.6 Å². The Kier molecular flexibility index (Phi) is 5.73. The Balaban J connectivity index is 1.16. The summed E-state index contributed by atoms with van der Waals surface area (Å²) in [5.74, 6) is 2.65. The van der Waals surface area contributed by atoms with Crippen molar-refractivity contribution in [3.63, 3.8) is 0 Å². The first kappa shape index (κ1) is 23.2. The molecular formula is C32H38N4O. The normalized spacial score (nSPS) is 29.1. The number of nitrogens with zero attached hydrogens (tertiary/aromatic N) is 4. The first-order valence-corrected chi connectivity index (χ1v) is 14.3. The lowest BCUT2D eigenvalue weighted by atomic mass is 9.48. The number of piperazine rings is 1. The van der Waals surface area contributed by atoms with E-state index in [4.69, 9.17) is 5.10 Å². The van der Waals surface area contributed by atoms with Crippen LogP contribution in [0.2, 0.25) is 0 Å². The molecule has 4 bridgehead atoms. The fourth-order valence-corrected chi connectivity index (χ4v) is 8.34. The van der Waals surface area contributed by atoms with Gasteiger partial charge in [-0.3, -0.25) is 9.69 Å². The third kappa shape index (κ3) is 4.21. The summed E-state index contributed by atoms with van der Waals surface area (Å²) in [5, 5.41) is 5.23. The van der Waals surface area contributed by atoms with Gasteiger partial charge in [0.2, 0.25) is 0 Å². The second-order valence-corrected chi connectivity index (χ2v) is 12.4. The highest BCUT2D eigenvalue weighted by Crippen LogP contribution is 2.61.